The molecule has 3 rings (SSSR count). The van der Waals surface area contributed by atoms with E-state index in [1.807, 2.05) is 19.1 Å². The molecule has 0 unspecified atom stereocenters. The van der Waals surface area contributed by atoms with Gasteiger partial charge in [-0.05, 0) is 30.7 Å². The summed E-state index contributed by atoms with van der Waals surface area (Å²) in [6.07, 6.45) is 1.33. The Morgan fingerprint density at radius 3 is 2.67 bits per heavy atom. The van der Waals surface area contributed by atoms with Gasteiger partial charge in [-0.2, -0.15) is 0 Å². The first-order valence-electron chi connectivity index (χ1n) is 8.70. The van der Waals surface area contributed by atoms with E-state index in [2.05, 4.69) is 6.92 Å². The molecule has 0 saturated carbocycles. The van der Waals surface area contributed by atoms with E-state index in [1.165, 1.54) is 18.9 Å². The lowest BCUT2D eigenvalue weighted by molar-refractivity contribution is -0.140. The SMILES string of the molecule is CC[C@H](Sc1nc2c(c(=O)n1-c1ccc(OC)cc1)S[C@H](C)C2)C(=O)OC. The average Bonchev–Trinajstić information content (AvgIpc) is 3.06. The smallest absolute Gasteiger partial charge is 0.319 e. The summed E-state index contributed by atoms with van der Waals surface area (Å²) in [5, 5.41) is 0.402. The van der Waals surface area contributed by atoms with Gasteiger partial charge in [-0.1, -0.05) is 25.6 Å². The van der Waals surface area contributed by atoms with Gasteiger partial charge in [0.2, 0.25) is 0 Å². The maximum atomic E-state index is 13.2. The maximum absolute atomic E-state index is 13.2. The Balaban J connectivity index is 2.12. The molecule has 0 fully saturated rings. The van der Waals surface area contributed by atoms with E-state index in [-0.39, 0.29) is 11.5 Å². The van der Waals surface area contributed by atoms with Crippen molar-refractivity contribution in [3.63, 3.8) is 0 Å². The second-order valence-corrected chi connectivity index (χ2v) is 8.80. The van der Waals surface area contributed by atoms with Gasteiger partial charge in [0.05, 0.1) is 30.5 Å². The lowest BCUT2D eigenvalue weighted by atomic mass is 10.2. The summed E-state index contributed by atoms with van der Waals surface area (Å²) in [5.41, 5.74) is 1.41. The third kappa shape index (κ3) is 4.01. The molecule has 6 nitrogen and oxygen atoms in total. The molecule has 0 bridgehead atoms. The van der Waals surface area contributed by atoms with Crippen molar-refractivity contribution in [1.29, 1.82) is 0 Å². The van der Waals surface area contributed by atoms with E-state index in [0.717, 1.165) is 12.1 Å². The van der Waals surface area contributed by atoms with E-state index < -0.39 is 5.25 Å². The summed E-state index contributed by atoms with van der Waals surface area (Å²) in [5.74, 6) is 0.389. The minimum Gasteiger partial charge on any atom is -0.497 e. The highest BCUT2D eigenvalue weighted by Gasteiger charge is 2.29. The Labute approximate surface area is 166 Å². The van der Waals surface area contributed by atoms with Crippen LogP contribution in [0.25, 0.3) is 5.69 Å². The first-order chi connectivity index (χ1) is 13.0. The van der Waals surface area contributed by atoms with Crippen molar-refractivity contribution in [1.82, 2.24) is 9.55 Å². The second kappa shape index (κ2) is 8.39. The fourth-order valence-electron chi connectivity index (χ4n) is 2.89. The molecule has 27 heavy (non-hydrogen) atoms. The summed E-state index contributed by atoms with van der Waals surface area (Å²) in [7, 11) is 2.97. The van der Waals surface area contributed by atoms with Crippen LogP contribution in [0.15, 0.2) is 39.1 Å². The third-order valence-corrected chi connectivity index (χ3v) is 6.80. The van der Waals surface area contributed by atoms with E-state index in [9.17, 15) is 9.59 Å². The van der Waals surface area contributed by atoms with Gasteiger partial charge in [-0.15, -0.1) is 11.8 Å². The number of benzene rings is 1. The number of aromatic nitrogens is 2. The van der Waals surface area contributed by atoms with Gasteiger partial charge in [0.25, 0.3) is 5.56 Å². The summed E-state index contributed by atoms with van der Waals surface area (Å²) >= 11 is 2.83. The normalized spacial score (nSPS) is 16.7. The fraction of sp³-hybridized carbons (Fsp3) is 0.421. The molecule has 0 spiro atoms. The van der Waals surface area contributed by atoms with Crippen LogP contribution in [0.2, 0.25) is 0 Å². The van der Waals surface area contributed by atoms with Crippen LogP contribution in [0.4, 0.5) is 0 Å². The molecule has 2 aromatic rings. The Kier molecular flexibility index (Phi) is 6.16. The Bertz CT molecular complexity index is 896. The molecule has 1 aliphatic heterocycles. The molecule has 2 atom stereocenters. The number of hydrogen-bond donors (Lipinski definition) is 0. The molecule has 1 aromatic heterocycles. The van der Waals surface area contributed by atoms with Crippen LogP contribution < -0.4 is 10.3 Å². The van der Waals surface area contributed by atoms with Crippen LogP contribution in [0, 0.1) is 0 Å². The first-order valence-corrected chi connectivity index (χ1v) is 10.5. The van der Waals surface area contributed by atoms with Gasteiger partial charge in [0, 0.05) is 11.7 Å². The van der Waals surface area contributed by atoms with E-state index in [0.29, 0.717) is 33.2 Å². The van der Waals surface area contributed by atoms with E-state index >= 15 is 0 Å². The maximum Gasteiger partial charge on any atom is 0.319 e. The van der Waals surface area contributed by atoms with Gasteiger partial charge >= 0.3 is 5.97 Å². The van der Waals surface area contributed by atoms with Gasteiger partial charge in [0.1, 0.15) is 11.0 Å². The molecule has 0 N–H and O–H groups in total. The van der Waals surface area contributed by atoms with Crippen molar-refractivity contribution in [2.45, 2.75) is 47.2 Å². The van der Waals surface area contributed by atoms with Crippen LogP contribution in [-0.2, 0) is 16.0 Å². The number of carbonyl (C=O) groups is 1. The second-order valence-electron chi connectivity index (χ2n) is 6.18. The Morgan fingerprint density at radius 1 is 1.37 bits per heavy atom. The first kappa shape index (κ1) is 19.8. The van der Waals surface area contributed by atoms with Crippen molar-refractivity contribution in [2.24, 2.45) is 0 Å². The molecule has 144 valence electrons. The number of ether oxygens (including phenoxy) is 2. The monoisotopic (exact) mass is 406 g/mol. The third-order valence-electron chi connectivity index (χ3n) is 4.29. The molecule has 0 radical (unpaired) electrons. The van der Waals surface area contributed by atoms with E-state index in [4.69, 9.17) is 14.5 Å². The predicted octanol–water partition coefficient (Wildman–Crippen LogP) is 3.32. The lowest BCUT2D eigenvalue weighted by Gasteiger charge is -2.17. The highest BCUT2D eigenvalue weighted by molar-refractivity contribution is 8.00. The molecular formula is C19H22N2O4S2. The minimum absolute atomic E-state index is 0.0956. The van der Waals surface area contributed by atoms with Crippen molar-refractivity contribution in [2.75, 3.05) is 14.2 Å². The molecule has 0 saturated heterocycles. The van der Waals surface area contributed by atoms with Crippen molar-refractivity contribution in [3.05, 3.63) is 40.3 Å². The number of esters is 1. The number of hydrogen-bond acceptors (Lipinski definition) is 7. The molecular weight excluding hydrogens is 384 g/mol. The lowest BCUT2D eigenvalue weighted by Crippen LogP contribution is -2.26. The van der Waals surface area contributed by atoms with Crippen LogP contribution in [-0.4, -0.2) is 40.2 Å². The quantitative estimate of drug-likeness (QED) is 0.414. The number of thioether (sulfide) groups is 2. The topological polar surface area (TPSA) is 70.4 Å². The van der Waals surface area contributed by atoms with Crippen LogP contribution in [0.5, 0.6) is 5.75 Å². The highest BCUT2D eigenvalue weighted by Crippen LogP contribution is 2.36. The van der Waals surface area contributed by atoms with Crippen LogP contribution >= 0.6 is 23.5 Å². The average molecular weight is 407 g/mol. The van der Waals surface area contributed by atoms with Crippen molar-refractivity contribution in [3.8, 4) is 11.4 Å². The molecule has 0 amide bonds. The fourth-order valence-corrected chi connectivity index (χ4v) is 5.07. The minimum atomic E-state index is -0.420. The Hall–Kier alpha value is -1.93. The predicted molar refractivity (Wildman–Crippen MR) is 107 cm³/mol. The number of methoxy groups -OCH3 is 2. The zero-order valence-electron chi connectivity index (χ0n) is 15.7. The molecule has 1 aliphatic rings. The number of carbonyl (C=O) groups excluding carboxylic acids is 1. The highest BCUT2D eigenvalue weighted by atomic mass is 32.2. The summed E-state index contributed by atoms with van der Waals surface area (Å²) in [6.45, 7) is 4.00. The van der Waals surface area contributed by atoms with Gasteiger partial charge in [-0.25, -0.2) is 4.98 Å². The summed E-state index contributed by atoms with van der Waals surface area (Å²) < 4.78 is 11.7. The van der Waals surface area contributed by atoms with Crippen molar-refractivity contribution >= 4 is 29.5 Å². The zero-order valence-corrected chi connectivity index (χ0v) is 17.4. The summed E-state index contributed by atoms with van der Waals surface area (Å²) in [4.78, 5) is 30.7. The largest absolute Gasteiger partial charge is 0.497 e. The van der Waals surface area contributed by atoms with Crippen LogP contribution in [0.1, 0.15) is 26.0 Å². The Morgan fingerprint density at radius 2 is 2.07 bits per heavy atom. The van der Waals surface area contributed by atoms with Gasteiger partial charge < -0.3 is 9.47 Å². The van der Waals surface area contributed by atoms with E-state index in [1.54, 1.807) is 35.6 Å². The zero-order chi connectivity index (χ0) is 19.6. The molecule has 0 aliphatic carbocycles. The van der Waals surface area contributed by atoms with Gasteiger partial charge in [0.15, 0.2) is 5.16 Å². The van der Waals surface area contributed by atoms with Crippen LogP contribution in [0.3, 0.4) is 0 Å². The van der Waals surface area contributed by atoms with Gasteiger partial charge in [-0.3, -0.25) is 14.2 Å². The number of fused-ring (bicyclic) bond motifs is 1. The standard InChI is InChI=1S/C19H22N2O4S2/c1-5-15(18(23)25-4)27-19-20-14-10-11(2)26-16(14)17(22)21(19)12-6-8-13(24-3)9-7-12/h6-9,11,15H,5,10H2,1-4H3/t11-,15+/m1/s1. The molecule has 1 aromatic carbocycles. The summed E-state index contributed by atoms with van der Waals surface area (Å²) in [6, 6.07) is 7.24. The molecule has 2 heterocycles. The van der Waals surface area contributed by atoms with Crippen molar-refractivity contribution < 1.29 is 14.3 Å². The number of rotatable bonds is 6. The number of nitrogens with zero attached hydrogens (tertiary/aromatic N) is 2. The molecule has 8 heteroatoms.